The van der Waals surface area contributed by atoms with Gasteiger partial charge in [0, 0.05) is 37.9 Å². The highest BCUT2D eigenvalue weighted by Gasteiger charge is 2.18. The molecule has 1 unspecified atom stereocenters. The summed E-state index contributed by atoms with van der Waals surface area (Å²) in [5.74, 6) is 0.495. The highest BCUT2D eigenvalue weighted by molar-refractivity contribution is 5.84. The first-order valence-corrected chi connectivity index (χ1v) is 11.6. The number of pyridine rings is 1. The number of ether oxygens (including phenoxy) is 1. The van der Waals surface area contributed by atoms with Crippen molar-refractivity contribution in [2.75, 3.05) is 37.7 Å². The van der Waals surface area contributed by atoms with Crippen LogP contribution in [0.25, 0.3) is 22.3 Å². The maximum atomic E-state index is 14.5. The van der Waals surface area contributed by atoms with E-state index in [-0.39, 0.29) is 11.7 Å². The van der Waals surface area contributed by atoms with E-state index < -0.39 is 5.82 Å². The van der Waals surface area contributed by atoms with Crippen LogP contribution in [0.3, 0.4) is 0 Å². The lowest BCUT2D eigenvalue weighted by Crippen LogP contribution is -2.39. The van der Waals surface area contributed by atoms with Gasteiger partial charge in [0.05, 0.1) is 18.3 Å². The molecule has 2 saturated heterocycles. The lowest BCUT2D eigenvalue weighted by atomic mass is 9.91. The van der Waals surface area contributed by atoms with Crippen molar-refractivity contribution in [3.63, 3.8) is 0 Å². The quantitative estimate of drug-likeness (QED) is 0.628. The van der Waals surface area contributed by atoms with Gasteiger partial charge in [-0.05, 0) is 65.8 Å². The van der Waals surface area contributed by atoms with Gasteiger partial charge in [0.15, 0.2) is 0 Å². The molecule has 2 aliphatic rings. The molecule has 5 rings (SSSR count). The smallest absolute Gasteiger partial charge is 0.141 e. The van der Waals surface area contributed by atoms with Gasteiger partial charge in [0.2, 0.25) is 0 Å². The molecule has 0 radical (unpaired) electrons. The van der Waals surface area contributed by atoms with Crippen molar-refractivity contribution >= 4 is 5.82 Å². The van der Waals surface area contributed by atoms with Crippen LogP contribution in [0.5, 0.6) is 0 Å². The maximum Gasteiger partial charge on any atom is 0.141 e. The number of anilines is 1. The van der Waals surface area contributed by atoms with Gasteiger partial charge in [0.25, 0.3) is 0 Å². The van der Waals surface area contributed by atoms with Gasteiger partial charge in [0.1, 0.15) is 17.7 Å². The number of hydrogen-bond donors (Lipinski definition) is 1. The number of rotatable bonds is 5. The van der Waals surface area contributed by atoms with Crippen LogP contribution in [-0.4, -0.2) is 43.9 Å². The fraction of sp³-hybridized carbons (Fsp3) is 0.333. The third-order valence-electron chi connectivity index (χ3n) is 6.44. The fourth-order valence-corrected chi connectivity index (χ4v) is 4.67. The number of benzene rings is 2. The first-order chi connectivity index (χ1) is 16.2. The molecule has 1 atom stereocenters. The van der Waals surface area contributed by atoms with Crippen LogP contribution >= 0.6 is 0 Å². The molecule has 1 N–H and O–H groups in total. The molecule has 0 saturated carbocycles. The van der Waals surface area contributed by atoms with E-state index in [4.69, 9.17) is 15.0 Å². The second kappa shape index (κ2) is 9.70. The summed E-state index contributed by atoms with van der Waals surface area (Å²) in [6, 6.07) is 17.2. The van der Waals surface area contributed by atoms with Crippen molar-refractivity contribution in [3.05, 3.63) is 71.7 Å². The van der Waals surface area contributed by atoms with Gasteiger partial charge < -0.3 is 15.0 Å². The summed E-state index contributed by atoms with van der Waals surface area (Å²) in [5.41, 5.74) is 4.83. The standard InChI is InChI=1S/C27H27FN4O/c28-26-15-20(4-5-21(26)16-29)25-14-19(13-23-18-30-9-12-33-23)3-7-24(25)22-6-8-27(31-17-22)32-10-1-2-11-32/h3-8,14-15,17,23,30H,1-2,9-13,18H2. The minimum atomic E-state index is -0.506. The molecule has 168 valence electrons. The number of aromatic nitrogens is 1. The number of morpholine rings is 1. The maximum absolute atomic E-state index is 14.5. The first kappa shape index (κ1) is 21.6. The van der Waals surface area contributed by atoms with Crippen LogP contribution in [-0.2, 0) is 11.2 Å². The number of nitrogens with one attached hydrogen (secondary N) is 1. The van der Waals surface area contributed by atoms with Crippen molar-refractivity contribution in [1.82, 2.24) is 10.3 Å². The summed E-state index contributed by atoms with van der Waals surface area (Å²) in [5, 5.41) is 12.5. The van der Waals surface area contributed by atoms with E-state index in [0.29, 0.717) is 6.61 Å². The van der Waals surface area contributed by atoms with Crippen LogP contribution < -0.4 is 10.2 Å². The van der Waals surface area contributed by atoms with Gasteiger partial charge in [-0.2, -0.15) is 5.26 Å². The number of hydrogen-bond acceptors (Lipinski definition) is 5. The Kier molecular flexibility index (Phi) is 6.34. The Morgan fingerprint density at radius 3 is 2.61 bits per heavy atom. The zero-order valence-electron chi connectivity index (χ0n) is 18.6. The zero-order chi connectivity index (χ0) is 22.6. The van der Waals surface area contributed by atoms with Crippen molar-refractivity contribution in [3.8, 4) is 28.3 Å². The monoisotopic (exact) mass is 442 g/mol. The van der Waals surface area contributed by atoms with E-state index >= 15 is 0 Å². The van der Waals surface area contributed by atoms with Crippen LogP contribution in [0.15, 0.2) is 54.7 Å². The third kappa shape index (κ3) is 4.75. The Morgan fingerprint density at radius 1 is 1.06 bits per heavy atom. The molecule has 3 aromatic rings. The molecule has 0 spiro atoms. The van der Waals surface area contributed by atoms with E-state index in [0.717, 1.165) is 66.2 Å². The van der Waals surface area contributed by atoms with Crippen molar-refractivity contribution in [2.24, 2.45) is 0 Å². The Morgan fingerprint density at radius 2 is 1.91 bits per heavy atom. The van der Waals surface area contributed by atoms with Gasteiger partial charge in [-0.3, -0.25) is 0 Å². The second-order valence-electron chi connectivity index (χ2n) is 8.69. The predicted octanol–water partition coefficient (Wildman–Crippen LogP) is 4.56. The molecular weight excluding hydrogens is 415 g/mol. The summed E-state index contributed by atoms with van der Waals surface area (Å²) in [7, 11) is 0. The molecule has 0 amide bonds. The number of nitrogens with zero attached hydrogens (tertiary/aromatic N) is 3. The highest BCUT2D eigenvalue weighted by atomic mass is 19.1. The topological polar surface area (TPSA) is 61.2 Å². The Hall–Kier alpha value is -3.27. The molecular formula is C27H27FN4O. The average Bonchev–Trinajstić information content (AvgIpc) is 3.40. The lowest BCUT2D eigenvalue weighted by Gasteiger charge is -2.24. The summed E-state index contributed by atoms with van der Waals surface area (Å²) < 4.78 is 20.4. The fourth-order valence-electron chi connectivity index (χ4n) is 4.67. The van der Waals surface area contributed by atoms with Crippen LogP contribution in [0.1, 0.15) is 24.0 Å². The summed E-state index contributed by atoms with van der Waals surface area (Å²) in [6.07, 6.45) is 5.22. The molecule has 2 aliphatic heterocycles. The van der Waals surface area contributed by atoms with Crippen molar-refractivity contribution < 1.29 is 9.13 Å². The Balaban J connectivity index is 1.52. The largest absolute Gasteiger partial charge is 0.375 e. The van der Waals surface area contributed by atoms with Crippen molar-refractivity contribution in [1.29, 1.82) is 5.26 Å². The molecule has 2 aromatic carbocycles. The van der Waals surface area contributed by atoms with Gasteiger partial charge in [-0.15, -0.1) is 0 Å². The van der Waals surface area contributed by atoms with E-state index in [2.05, 4.69) is 40.5 Å². The zero-order valence-corrected chi connectivity index (χ0v) is 18.6. The average molecular weight is 443 g/mol. The normalized spacial score (nSPS) is 18.3. The molecule has 0 aliphatic carbocycles. The molecule has 0 bridgehead atoms. The Bertz CT molecular complexity index is 1160. The van der Waals surface area contributed by atoms with Crippen LogP contribution in [0.2, 0.25) is 0 Å². The molecule has 2 fully saturated rings. The summed E-state index contributed by atoms with van der Waals surface area (Å²) in [6.45, 7) is 4.52. The SMILES string of the molecule is N#Cc1ccc(-c2cc(CC3CNCCO3)ccc2-c2ccc(N3CCCC3)nc2)cc1F. The molecule has 33 heavy (non-hydrogen) atoms. The molecule has 3 heterocycles. The number of halogens is 1. The molecule has 5 nitrogen and oxygen atoms in total. The summed E-state index contributed by atoms with van der Waals surface area (Å²) >= 11 is 0. The lowest BCUT2D eigenvalue weighted by molar-refractivity contribution is 0.0292. The van der Waals surface area contributed by atoms with Crippen LogP contribution in [0.4, 0.5) is 10.2 Å². The van der Waals surface area contributed by atoms with Gasteiger partial charge in [-0.1, -0.05) is 24.3 Å². The second-order valence-corrected chi connectivity index (χ2v) is 8.69. The van der Waals surface area contributed by atoms with E-state index in [1.807, 2.05) is 18.3 Å². The van der Waals surface area contributed by atoms with Gasteiger partial charge >= 0.3 is 0 Å². The summed E-state index contributed by atoms with van der Waals surface area (Å²) in [4.78, 5) is 7.02. The number of nitriles is 1. The highest BCUT2D eigenvalue weighted by Crippen LogP contribution is 2.35. The minimum absolute atomic E-state index is 0.0507. The predicted molar refractivity (Wildman–Crippen MR) is 128 cm³/mol. The van der Waals surface area contributed by atoms with Crippen molar-refractivity contribution in [2.45, 2.75) is 25.4 Å². The molecule has 1 aromatic heterocycles. The molecule has 6 heteroatoms. The van der Waals surface area contributed by atoms with Gasteiger partial charge in [-0.25, -0.2) is 9.37 Å². The minimum Gasteiger partial charge on any atom is -0.375 e. The first-order valence-electron chi connectivity index (χ1n) is 11.6. The van der Waals surface area contributed by atoms with E-state index in [9.17, 15) is 4.39 Å². The van der Waals surface area contributed by atoms with E-state index in [1.165, 1.54) is 18.9 Å². The third-order valence-corrected chi connectivity index (χ3v) is 6.44. The van der Waals surface area contributed by atoms with Crippen LogP contribution in [0, 0.1) is 17.1 Å². The van der Waals surface area contributed by atoms with E-state index in [1.54, 1.807) is 6.07 Å². The Labute approximate surface area is 193 Å².